The van der Waals surface area contributed by atoms with Gasteiger partial charge in [0.25, 0.3) is 0 Å². The van der Waals surface area contributed by atoms with Crippen molar-refractivity contribution in [1.82, 2.24) is 4.90 Å². The average molecular weight is 458 g/mol. The minimum absolute atomic E-state index is 0.0362. The van der Waals surface area contributed by atoms with Crippen molar-refractivity contribution >= 4 is 33.4 Å². The van der Waals surface area contributed by atoms with Gasteiger partial charge in [-0.1, -0.05) is 40.2 Å². The summed E-state index contributed by atoms with van der Waals surface area (Å²) in [4.78, 5) is 26.0. The maximum atomic E-state index is 12.3. The number of carbonyl (C=O) groups excluding carboxylic acids is 2. The van der Waals surface area contributed by atoms with Crippen molar-refractivity contribution in [1.29, 1.82) is 0 Å². The summed E-state index contributed by atoms with van der Waals surface area (Å²) in [5.74, 6) is -0.218. The Kier molecular flexibility index (Phi) is 7.83. The third-order valence-electron chi connectivity index (χ3n) is 5.32. The van der Waals surface area contributed by atoms with Gasteiger partial charge in [0.05, 0.1) is 6.04 Å². The van der Waals surface area contributed by atoms with Gasteiger partial charge < -0.3 is 11.1 Å². The van der Waals surface area contributed by atoms with Crippen LogP contribution in [0.15, 0.2) is 53.0 Å². The van der Waals surface area contributed by atoms with Crippen LogP contribution in [-0.2, 0) is 22.6 Å². The van der Waals surface area contributed by atoms with Crippen LogP contribution in [0.1, 0.15) is 43.2 Å². The van der Waals surface area contributed by atoms with Gasteiger partial charge in [-0.15, -0.1) is 0 Å². The van der Waals surface area contributed by atoms with E-state index in [2.05, 4.69) is 38.3 Å². The van der Waals surface area contributed by atoms with E-state index >= 15 is 0 Å². The molecule has 0 saturated carbocycles. The minimum atomic E-state index is -0.255. The number of likely N-dealkylation sites (tertiary alicyclic amines) is 1. The minimum Gasteiger partial charge on any atom is -0.368 e. The van der Waals surface area contributed by atoms with Crippen LogP contribution in [0, 0.1) is 0 Å². The molecule has 1 unspecified atom stereocenters. The summed E-state index contributed by atoms with van der Waals surface area (Å²) in [6, 6.07) is 16.0. The largest absolute Gasteiger partial charge is 0.368 e. The van der Waals surface area contributed by atoms with Gasteiger partial charge in [0.2, 0.25) is 11.8 Å². The molecule has 1 aliphatic heterocycles. The number of nitrogens with two attached hydrogens (primary N) is 1. The van der Waals surface area contributed by atoms with Crippen LogP contribution in [-0.4, -0.2) is 29.3 Å². The summed E-state index contributed by atoms with van der Waals surface area (Å²) in [7, 11) is 0. The van der Waals surface area contributed by atoms with Crippen molar-refractivity contribution in [2.24, 2.45) is 5.73 Å². The Balaban J connectivity index is 1.43. The normalized spacial score (nSPS) is 16.7. The second-order valence-electron chi connectivity index (χ2n) is 7.61. The zero-order valence-corrected chi connectivity index (χ0v) is 18.2. The van der Waals surface area contributed by atoms with E-state index in [0.29, 0.717) is 13.0 Å². The Morgan fingerprint density at radius 3 is 2.66 bits per heavy atom. The predicted octanol–water partition coefficient (Wildman–Crippen LogP) is 4.25. The van der Waals surface area contributed by atoms with Crippen LogP contribution < -0.4 is 11.1 Å². The molecule has 154 valence electrons. The number of rotatable bonds is 9. The molecule has 29 heavy (non-hydrogen) atoms. The second-order valence-corrected chi connectivity index (χ2v) is 8.53. The number of benzene rings is 2. The fraction of sp³-hybridized carbons (Fsp3) is 0.391. The molecular formula is C23H28BrN3O2. The van der Waals surface area contributed by atoms with Crippen LogP contribution in [0.3, 0.4) is 0 Å². The van der Waals surface area contributed by atoms with Crippen molar-refractivity contribution in [3.8, 4) is 0 Å². The quantitative estimate of drug-likeness (QED) is 0.552. The Labute approximate surface area is 180 Å². The maximum absolute atomic E-state index is 12.3. The summed E-state index contributed by atoms with van der Waals surface area (Å²) in [6.07, 6.45) is 5.15. The smallest absolute Gasteiger partial charge is 0.234 e. The Bertz CT molecular complexity index is 838. The van der Waals surface area contributed by atoms with Crippen LogP contribution in [0.25, 0.3) is 0 Å². The van der Waals surface area contributed by atoms with E-state index in [9.17, 15) is 9.59 Å². The lowest BCUT2D eigenvalue weighted by atomic mass is 10.1. The number of nitrogens with one attached hydrogen (secondary N) is 1. The first-order valence-electron chi connectivity index (χ1n) is 10.2. The molecule has 1 aliphatic rings. The molecule has 2 aromatic carbocycles. The van der Waals surface area contributed by atoms with Crippen molar-refractivity contribution in [3.63, 3.8) is 0 Å². The highest BCUT2D eigenvalue weighted by molar-refractivity contribution is 9.10. The first-order valence-corrected chi connectivity index (χ1v) is 11.0. The third kappa shape index (κ3) is 6.68. The Hall–Kier alpha value is -2.18. The first-order chi connectivity index (χ1) is 14.0. The number of nitrogens with zero attached hydrogens (tertiary/aromatic N) is 1. The van der Waals surface area contributed by atoms with E-state index in [1.165, 1.54) is 5.56 Å². The van der Waals surface area contributed by atoms with Gasteiger partial charge >= 0.3 is 0 Å². The molecule has 1 heterocycles. The molecule has 3 N–H and O–H groups in total. The highest BCUT2D eigenvalue weighted by Crippen LogP contribution is 2.21. The number of hydrogen-bond donors (Lipinski definition) is 2. The van der Waals surface area contributed by atoms with Gasteiger partial charge in [-0.3, -0.25) is 14.5 Å². The number of amides is 2. The van der Waals surface area contributed by atoms with Gasteiger partial charge in [-0.25, -0.2) is 0 Å². The Morgan fingerprint density at radius 2 is 1.90 bits per heavy atom. The monoisotopic (exact) mass is 457 g/mol. The van der Waals surface area contributed by atoms with E-state index in [1.54, 1.807) is 0 Å². The molecule has 1 atom stereocenters. The molecule has 2 aromatic rings. The number of aryl methyl sites for hydroxylation is 1. The number of primary amides is 1. The maximum Gasteiger partial charge on any atom is 0.234 e. The van der Waals surface area contributed by atoms with Crippen LogP contribution in [0.4, 0.5) is 5.69 Å². The summed E-state index contributed by atoms with van der Waals surface area (Å²) in [6.45, 7) is 1.55. The zero-order valence-electron chi connectivity index (χ0n) is 16.6. The summed E-state index contributed by atoms with van der Waals surface area (Å²) in [5, 5.41) is 2.99. The first kappa shape index (κ1) is 21.5. The van der Waals surface area contributed by atoms with E-state index in [4.69, 9.17) is 5.73 Å². The number of unbranched alkanes of at least 4 members (excludes halogenated alkanes) is 1. The van der Waals surface area contributed by atoms with E-state index < -0.39 is 0 Å². The summed E-state index contributed by atoms with van der Waals surface area (Å²) in [5.41, 5.74) is 8.67. The van der Waals surface area contributed by atoms with E-state index in [-0.39, 0.29) is 17.9 Å². The fourth-order valence-corrected chi connectivity index (χ4v) is 4.07. The second kappa shape index (κ2) is 10.6. The van der Waals surface area contributed by atoms with E-state index in [1.807, 2.05) is 36.4 Å². The molecule has 0 bridgehead atoms. The molecule has 1 saturated heterocycles. The van der Waals surface area contributed by atoms with Crippen LogP contribution in [0.5, 0.6) is 0 Å². The van der Waals surface area contributed by atoms with Gasteiger partial charge in [0.1, 0.15) is 0 Å². The number of halogens is 1. The molecule has 0 aliphatic carbocycles. The molecule has 6 heteroatoms. The number of carbonyl (C=O) groups is 2. The van der Waals surface area contributed by atoms with Gasteiger partial charge in [0.15, 0.2) is 0 Å². The number of hydrogen-bond acceptors (Lipinski definition) is 3. The predicted molar refractivity (Wildman–Crippen MR) is 119 cm³/mol. The molecule has 1 fully saturated rings. The molecular weight excluding hydrogens is 430 g/mol. The lowest BCUT2D eigenvalue weighted by Gasteiger charge is -2.22. The highest BCUT2D eigenvalue weighted by Gasteiger charge is 2.28. The summed E-state index contributed by atoms with van der Waals surface area (Å²) < 4.78 is 1.08. The molecule has 0 spiro atoms. The lowest BCUT2D eigenvalue weighted by molar-refractivity contribution is -0.122. The van der Waals surface area contributed by atoms with Crippen molar-refractivity contribution < 1.29 is 9.59 Å². The number of anilines is 1. The fourth-order valence-electron chi connectivity index (χ4n) is 3.81. The summed E-state index contributed by atoms with van der Waals surface area (Å²) >= 11 is 3.44. The van der Waals surface area contributed by atoms with Crippen molar-refractivity contribution in [2.75, 3.05) is 11.9 Å². The van der Waals surface area contributed by atoms with Crippen LogP contribution in [0.2, 0.25) is 0 Å². The SMILES string of the molecule is NC(=O)C1CCCN1Cc1cccc(NC(=O)CCCCc2ccc(Br)cc2)c1. The Morgan fingerprint density at radius 1 is 1.10 bits per heavy atom. The molecule has 0 radical (unpaired) electrons. The van der Waals surface area contributed by atoms with Crippen molar-refractivity contribution in [3.05, 3.63) is 64.1 Å². The average Bonchev–Trinajstić information content (AvgIpc) is 3.15. The molecule has 2 amide bonds. The van der Waals surface area contributed by atoms with E-state index in [0.717, 1.165) is 54.4 Å². The standard InChI is InChI=1S/C23H28BrN3O2/c24-19-12-10-17(11-13-19)5-1-2-9-22(28)26-20-7-3-6-18(15-20)16-27-14-4-8-21(27)23(25)29/h3,6-7,10-13,15,21H,1-2,4-5,8-9,14,16H2,(H2,25,29)(H,26,28). The molecule has 3 rings (SSSR count). The lowest BCUT2D eigenvalue weighted by Crippen LogP contribution is -2.39. The van der Waals surface area contributed by atoms with Gasteiger partial charge in [-0.05, 0) is 74.0 Å². The third-order valence-corrected chi connectivity index (χ3v) is 5.85. The highest BCUT2D eigenvalue weighted by atomic mass is 79.9. The van der Waals surface area contributed by atoms with Crippen LogP contribution >= 0.6 is 15.9 Å². The van der Waals surface area contributed by atoms with Gasteiger partial charge in [-0.2, -0.15) is 0 Å². The molecule has 5 nitrogen and oxygen atoms in total. The zero-order chi connectivity index (χ0) is 20.6. The van der Waals surface area contributed by atoms with Crippen molar-refractivity contribution in [2.45, 2.75) is 51.1 Å². The molecule has 0 aromatic heterocycles. The topological polar surface area (TPSA) is 75.4 Å². The van der Waals surface area contributed by atoms with Gasteiger partial charge in [0, 0.05) is 23.1 Å².